The molecule has 3 nitrogen and oxygen atoms in total. The van der Waals surface area contributed by atoms with Gasteiger partial charge in [0.1, 0.15) is 6.61 Å². The topological polar surface area (TPSA) is 35.5 Å². The van der Waals surface area contributed by atoms with Gasteiger partial charge in [-0.15, -0.1) is 0 Å². The van der Waals surface area contributed by atoms with E-state index in [-0.39, 0.29) is 12.4 Å². The Bertz CT molecular complexity index is 416. The number of rotatable bonds is 1. The molecule has 4 heteroatoms. The first-order chi connectivity index (χ1) is 7.01. The molecule has 1 unspecified atom stereocenters. The van der Waals surface area contributed by atoms with Gasteiger partial charge >= 0.3 is 0 Å². The van der Waals surface area contributed by atoms with Crippen LogP contribution in [-0.2, 0) is 4.79 Å². The Morgan fingerprint density at radius 3 is 2.87 bits per heavy atom. The van der Waals surface area contributed by atoms with Gasteiger partial charge in [0.2, 0.25) is 0 Å². The van der Waals surface area contributed by atoms with Gasteiger partial charge < -0.3 is 9.47 Å². The van der Waals surface area contributed by atoms with Gasteiger partial charge in [-0.2, -0.15) is 0 Å². The first-order valence-corrected chi connectivity index (χ1v) is 5.01. The van der Waals surface area contributed by atoms with Crippen molar-refractivity contribution in [2.75, 3.05) is 6.61 Å². The highest BCUT2D eigenvalue weighted by Gasteiger charge is 2.37. The van der Waals surface area contributed by atoms with Crippen molar-refractivity contribution in [1.29, 1.82) is 0 Å². The summed E-state index contributed by atoms with van der Waals surface area (Å²) < 4.78 is 11.1. The number of carbonyl (C=O) groups excluding carboxylic acids is 1. The lowest BCUT2D eigenvalue weighted by atomic mass is 10.0. The number of ketones is 1. The molecule has 0 bridgehead atoms. The molecule has 0 saturated heterocycles. The minimum Gasteiger partial charge on any atom is -0.485 e. The monoisotopic (exact) mass is 226 g/mol. The molecule has 0 amide bonds. The van der Waals surface area contributed by atoms with Gasteiger partial charge in [-0.05, 0) is 26.0 Å². The molecule has 0 fully saturated rings. The minimum atomic E-state index is -0.888. The SMILES string of the molecule is CC(=O)C1(C)COc2cc(Cl)ccc2O1. The highest BCUT2D eigenvalue weighted by Crippen LogP contribution is 2.37. The minimum absolute atomic E-state index is 0.0527. The van der Waals surface area contributed by atoms with Gasteiger partial charge in [-0.3, -0.25) is 4.79 Å². The smallest absolute Gasteiger partial charge is 0.197 e. The number of carbonyl (C=O) groups is 1. The zero-order valence-electron chi connectivity index (χ0n) is 8.54. The number of hydrogen-bond acceptors (Lipinski definition) is 3. The molecule has 1 aromatic carbocycles. The Kier molecular flexibility index (Phi) is 2.35. The van der Waals surface area contributed by atoms with Gasteiger partial charge in [0, 0.05) is 11.1 Å². The molecule has 1 heterocycles. The van der Waals surface area contributed by atoms with E-state index in [1.807, 2.05) is 0 Å². The average molecular weight is 227 g/mol. The summed E-state index contributed by atoms with van der Waals surface area (Å²) in [4.78, 5) is 11.4. The number of halogens is 1. The van der Waals surface area contributed by atoms with Crippen LogP contribution in [0.25, 0.3) is 0 Å². The van der Waals surface area contributed by atoms with Crippen LogP contribution in [0.2, 0.25) is 5.02 Å². The predicted molar refractivity (Wildman–Crippen MR) is 56.7 cm³/mol. The van der Waals surface area contributed by atoms with E-state index < -0.39 is 5.60 Å². The maximum absolute atomic E-state index is 11.4. The van der Waals surface area contributed by atoms with Crippen LogP contribution in [0.3, 0.4) is 0 Å². The summed E-state index contributed by atoms with van der Waals surface area (Å²) in [6.07, 6.45) is 0. The fourth-order valence-corrected chi connectivity index (χ4v) is 1.50. The Balaban J connectivity index is 2.35. The van der Waals surface area contributed by atoms with Gasteiger partial charge in [0.15, 0.2) is 22.9 Å². The summed E-state index contributed by atoms with van der Waals surface area (Å²) in [7, 11) is 0. The average Bonchev–Trinajstić information content (AvgIpc) is 2.18. The van der Waals surface area contributed by atoms with Crippen LogP contribution in [-0.4, -0.2) is 18.0 Å². The van der Waals surface area contributed by atoms with E-state index in [0.29, 0.717) is 16.5 Å². The van der Waals surface area contributed by atoms with Crippen LogP contribution >= 0.6 is 11.6 Å². The van der Waals surface area contributed by atoms with E-state index in [1.54, 1.807) is 25.1 Å². The summed E-state index contributed by atoms with van der Waals surface area (Å²) in [6, 6.07) is 5.09. The van der Waals surface area contributed by atoms with Gasteiger partial charge in [-0.25, -0.2) is 0 Å². The molecule has 0 aromatic heterocycles. The fraction of sp³-hybridized carbons (Fsp3) is 0.364. The van der Waals surface area contributed by atoms with Crippen molar-refractivity contribution in [3.05, 3.63) is 23.2 Å². The van der Waals surface area contributed by atoms with Crippen molar-refractivity contribution < 1.29 is 14.3 Å². The van der Waals surface area contributed by atoms with E-state index in [0.717, 1.165) is 0 Å². The number of Topliss-reactive ketones (excluding diaryl/α,β-unsaturated/α-hetero) is 1. The van der Waals surface area contributed by atoms with E-state index in [4.69, 9.17) is 21.1 Å². The molecule has 80 valence electrons. The van der Waals surface area contributed by atoms with Gasteiger partial charge in [-0.1, -0.05) is 11.6 Å². The normalized spacial score (nSPS) is 23.7. The molecular formula is C11H11ClO3. The first-order valence-electron chi connectivity index (χ1n) is 4.64. The van der Waals surface area contributed by atoms with Crippen LogP contribution < -0.4 is 9.47 Å². The molecule has 1 aliphatic rings. The molecule has 1 aliphatic heterocycles. The highest BCUT2D eigenvalue weighted by atomic mass is 35.5. The summed E-state index contributed by atoms with van der Waals surface area (Å²) in [5.41, 5.74) is -0.888. The standard InChI is InChI=1S/C11H11ClO3/c1-7(13)11(2)6-14-10-5-8(12)3-4-9(10)15-11/h3-5H,6H2,1-2H3. The third kappa shape index (κ3) is 1.79. The molecular weight excluding hydrogens is 216 g/mol. The van der Waals surface area contributed by atoms with Crippen molar-refractivity contribution >= 4 is 17.4 Å². The molecule has 0 spiro atoms. The molecule has 0 N–H and O–H groups in total. The van der Waals surface area contributed by atoms with E-state index >= 15 is 0 Å². The lowest BCUT2D eigenvalue weighted by Crippen LogP contribution is -2.47. The number of ether oxygens (including phenoxy) is 2. The molecule has 0 radical (unpaired) electrons. The largest absolute Gasteiger partial charge is 0.485 e. The second-order valence-electron chi connectivity index (χ2n) is 3.77. The number of fused-ring (bicyclic) bond motifs is 1. The Labute approximate surface area is 92.9 Å². The lowest BCUT2D eigenvalue weighted by molar-refractivity contribution is -0.135. The van der Waals surface area contributed by atoms with Crippen LogP contribution in [0.5, 0.6) is 11.5 Å². The second-order valence-corrected chi connectivity index (χ2v) is 4.21. The van der Waals surface area contributed by atoms with Gasteiger partial charge in [0.25, 0.3) is 0 Å². The molecule has 1 aromatic rings. The van der Waals surface area contributed by atoms with E-state index in [9.17, 15) is 4.79 Å². The third-order valence-electron chi connectivity index (χ3n) is 2.49. The summed E-state index contributed by atoms with van der Waals surface area (Å²) in [5.74, 6) is 1.09. The zero-order valence-corrected chi connectivity index (χ0v) is 9.30. The molecule has 2 rings (SSSR count). The van der Waals surface area contributed by atoms with Crippen molar-refractivity contribution in [2.24, 2.45) is 0 Å². The van der Waals surface area contributed by atoms with E-state index in [2.05, 4.69) is 0 Å². The fourth-order valence-electron chi connectivity index (χ4n) is 1.34. The van der Waals surface area contributed by atoms with Crippen molar-refractivity contribution in [2.45, 2.75) is 19.4 Å². The van der Waals surface area contributed by atoms with Crippen LogP contribution in [0.1, 0.15) is 13.8 Å². The Morgan fingerprint density at radius 1 is 1.47 bits per heavy atom. The second kappa shape index (κ2) is 3.42. The Morgan fingerprint density at radius 2 is 2.20 bits per heavy atom. The molecule has 15 heavy (non-hydrogen) atoms. The van der Waals surface area contributed by atoms with Crippen molar-refractivity contribution in [3.8, 4) is 11.5 Å². The lowest BCUT2D eigenvalue weighted by Gasteiger charge is -2.33. The number of hydrogen-bond donors (Lipinski definition) is 0. The van der Waals surface area contributed by atoms with Crippen molar-refractivity contribution in [1.82, 2.24) is 0 Å². The zero-order chi connectivity index (χ0) is 11.1. The molecule has 0 aliphatic carbocycles. The van der Waals surface area contributed by atoms with Crippen LogP contribution in [0, 0.1) is 0 Å². The highest BCUT2D eigenvalue weighted by molar-refractivity contribution is 6.30. The Hall–Kier alpha value is -1.22. The summed E-state index contributed by atoms with van der Waals surface area (Å²) >= 11 is 5.81. The maximum Gasteiger partial charge on any atom is 0.197 e. The molecule has 0 saturated carbocycles. The quantitative estimate of drug-likeness (QED) is 0.738. The van der Waals surface area contributed by atoms with E-state index in [1.165, 1.54) is 6.92 Å². The van der Waals surface area contributed by atoms with Gasteiger partial charge in [0.05, 0.1) is 0 Å². The number of benzene rings is 1. The third-order valence-corrected chi connectivity index (χ3v) is 2.72. The van der Waals surface area contributed by atoms with Crippen molar-refractivity contribution in [3.63, 3.8) is 0 Å². The first kappa shape index (κ1) is 10.3. The van der Waals surface area contributed by atoms with Crippen LogP contribution in [0.15, 0.2) is 18.2 Å². The van der Waals surface area contributed by atoms with Crippen LogP contribution in [0.4, 0.5) is 0 Å². The maximum atomic E-state index is 11.4. The summed E-state index contributed by atoms with van der Waals surface area (Å²) in [6.45, 7) is 3.42. The molecule has 1 atom stereocenters. The summed E-state index contributed by atoms with van der Waals surface area (Å²) in [5, 5.41) is 0.587. The predicted octanol–water partition coefficient (Wildman–Crippen LogP) is 2.46.